The molecular formula is C13H8Cl3NO3S. The summed E-state index contributed by atoms with van der Waals surface area (Å²) in [4.78, 5) is 16.6. The first-order valence-corrected chi connectivity index (χ1v) is 7.55. The summed E-state index contributed by atoms with van der Waals surface area (Å²) in [7, 11) is 1.41. The highest BCUT2D eigenvalue weighted by Gasteiger charge is 2.19. The van der Waals surface area contributed by atoms with Crippen LogP contribution in [0.25, 0.3) is 0 Å². The Hall–Kier alpha value is -1.27. The van der Waals surface area contributed by atoms with E-state index in [0.717, 1.165) is 11.3 Å². The summed E-state index contributed by atoms with van der Waals surface area (Å²) in [5, 5.41) is 5.92. The number of benzene rings is 1. The molecule has 0 N–H and O–H groups in total. The molecule has 0 aliphatic carbocycles. The fraction of sp³-hybridized carbons (Fsp3) is 0.0769. The van der Waals surface area contributed by atoms with Gasteiger partial charge >= 0.3 is 5.97 Å². The Kier molecular flexibility index (Phi) is 5.47. The number of ether oxygens (including phenoxy) is 1. The van der Waals surface area contributed by atoms with Crippen LogP contribution in [-0.2, 0) is 4.84 Å². The smallest absolute Gasteiger partial charge is 0.370 e. The minimum absolute atomic E-state index is 0.204. The molecule has 0 fully saturated rings. The molecule has 2 aromatic rings. The second kappa shape index (κ2) is 7.13. The molecule has 0 saturated heterocycles. The maximum atomic E-state index is 11.9. The van der Waals surface area contributed by atoms with Crippen molar-refractivity contribution >= 4 is 58.3 Å². The molecule has 110 valence electrons. The molecule has 0 amide bonds. The van der Waals surface area contributed by atoms with Gasteiger partial charge in [-0.3, -0.25) is 0 Å². The van der Waals surface area contributed by atoms with Crippen molar-refractivity contribution in [3.63, 3.8) is 0 Å². The van der Waals surface area contributed by atoms with Gasteiger partial charge in [0.2, 0.25) is 0 Å². The van der Waals surface area contributed by atoms with E-state index in [1.54, 1.807) is 18.2 Å². The predicted molar refractivity (Wildman–Crippen MR) is 85.4 cm³/mol. The number of hydrogen-bond donors (Lipinski definition) is 0. The van der Waals surface area contributed by atoms with E-state index in [1.807, 2.05) is 0 Å². The van der Waals surface area contributed by atoms with Crippen molar-refractivity contribution in [2.24, 2.45) is 5.16 Å². The maximum absolute atomic E-state index is 11.9. The van der Waals surface area contributed by atoms with Crippen molar-refractivity contribution in [2.45, 2.75) is 0 Å². The average Bonchev–Trinajstić information content (AvgIpc) is 2.83. The highest BCUT2D eigenvalue weighted by Crippen LogP contribution is 2.35. The van der Waals surface area contributed by atoms with E-state index in [9.17, 15) is 4.79 Å². The van der Waals surface area contributed by atoms with E-state index < -0.39 is 5.97 Å². The summed E-state index contributed by atoms with van der Waals surface area (Å²) in [6.07, 6.45) is 1.27. The van der Waals surface area contributed by atoms with E-state index in [4.69, 9.17) is 44.4 Å². The zero-order valence-corrected chi connectivity index (χ0v) is 13.7. The standard InChI is InChI=1S/C13H8Cl3NO3S/c1-19-11-8(6-21-12(11)16)13(18)20-17-5-7-9(14)3-2-4-10(7)15/h2-6H,1H3/b17-5+. The summed E-state index contributed by atoms with van der Waals surface area (Å²) in [6, 6.07) is 5.00. The summed E-state index contributed by atoms with van der Waals surface area (Å²) in [5.41, 5.74) is 0.666. The number of methoxy groups -OCH3 is 1. The minimum Gasteiger partial charge on any atom is -0.493 e. The van der Waals surface area contributed by atoms with Crippen LogP contribution in [0.5, 0.6) is 5.75 Å². The van der Waals surface area contributed by atoms with Crippen molar-refractivity contribution in [2.75, 3.05) is 7.11 Å². The van der Waals surface area contributed by atoms with Crippen molar-refractivity contribution in [1.29, 1.82) is 0 Å². The third-order valence-electron chi connectivity index (χ3n) is 2.44. The van der Waals surface area contributed by atoms with Gasteiger partial charge in [0.05, 0.1) is 23.4 Å². The van der Waals surface area contributed by atoms with Crippen LogP contribution in [0, 0.1) is 0 Å². The van der Waals surface area contributed by atoms with Gasteiger partial charge in [-0.05, 0) is 12.1 Å². The molecule has 0 saturated carbocycles. The average molecular weight is 365 g/mol. The zero-order chi connectivity index (χ0) is 15.4. The lowest BCUT2D eigenvalue weighted by atomic mass is 10.2. The minimum atomic E-state index is -0.686. The number of rotatable bonds is 4. The van der Waals surface area contributed by atoms with Gasteiger partial charge in [0.15, 0.2) is 5.75 Å². The van der Waals surface area contributed by atoms with Gasteiger partial charge < -0.3 is 9.57 Å². The molecule has 8 heteroatoms. The molecular weight excluding hydrogens is 357 g/mol. The predicted octanol–water partition coefficient (Wildman–Crippen LogP) is 4.91. The van der Waals surface area contributed by atoms with Crippen molar-refractivity contribution < 1.29 is 14.4 Å². The summed E-state index contributed by atoms with van der Waals surface area (Å²) in [5.74, 6) is -0.424. The first kappa shape index (κ1) is 16.1. The first-order chi connectivity index (χ1) is 10.0. The van der Waals surface area contributed by atoms with Crippen LogP contribution in [0.1, 0.15) is 15.9 Å². The van der Waals surface area contributed by atoms with Gasteiger partial charge in [-0.1, -0.05) is 46.0 Å². The second-order valence-electron chi connectivity index (χ2n) is 3.70. The summed E-state index contributed by atoms with van der Waals surface area (Å²) in [6.45, 7) is 0. The number of carbonyl (C=O) groups is 1. The number of thiophene rings is 1. The molecule has 0 unspecified atom stereocenters. The van der Waals surface area contributed by atoms with E-state index in [0.29, 0.717) is 19.9 Å². The van der Waals surface area contributed by atoms with Crippen LogP contribution in [0.15, 0.2) is 28.7 Å². The molecule has 1 aromatic carbocycles. The lowest BCUT2D eigenvalue weighted by Crippen LogP contribution is -2.02. The number of hydrogen-bond acceptors (Lipinski definition) is 5. The molecule has 4 nitrogen and oxygen atoms in total. The van der Waals surface area contributed by atoms with E-state index >= 15 is 0 Å². The quantitative estimate of drug-likeness (QED) is 0.440. The normalized spacial score (nSPS) is 10.9. The topological polar surface area (TPSA) is 47.9 Å². The maximum Gasteiger partial charge on any atom is 0.370 e. The second-order valence-corrected chi connectivity index (χ2v) is 6.00. The number of halogens is 3. The van der Waals surface area contributed by atoms with Gasteiger partial charge in [0, 0.05) is 10.9 Å². The molecule has 0 atom stereocenters. The SMILES string of the molecule is COc1c(C(=O)O/N=C/c2c(Cl)cccc2Cl)csc1Cl. The van der Waals surface area contributed by atoms with Crippen LogP contribution >= 0.6 is 46.1 Å². The first-order valence-electron chi connectivity index (χ1n) is 5.54. The summed E-state index contributed by atoms with van der Waals surface area (Å²) < 4.78 is 5.39. The molecule has 0 bridgehead atoms. The van der Waals surface area contributed by atoms with Gasteiger partial charge in [0.25, 0.3) is 0 Å². The Balaban J connectivity index is 2.12. The van der Waals surface area contributed by atoms with Crippen molar-refractivity contribution in [3.05, 3.63) is 49.1 Å². The Labute approximate surface area is 139 Å². The van der Waals surface area contributed by atoms with Crippen LogP contribution in [0.3, 0.4) is 0 Å². The monoisotopic (exact) mass is 363 g/mol. The van der Waals surface area contributed by atoms with E-state index in [1.165, 1.54) is 18.7 Å². The number of nitrogens with zero attached hydrogens (tertiary/aromatic N) is 1. The van der Waals surface area contributed by atoms with Crippen LogP contribution in [-0.4, -0.2) is 19.3 Å². The Morgan fingerprint density at radius 3 is 2.57 bits per heavy atom. The molecule has 0 aliphatic heterocycles. The highest BCUT2D eigenvalue weighted by atomic mass is 35.5. The molecule has 2 rings (SSSR count). The van der Waals surface area contributed by atoms with Crippen LogP contribution in [0.4, 0.5) is 0 Å². The molecule has 1 heterocycles. The molecule has 21 heavy (non-hydrogen) atoms. The Morgan fingerprint density at radius 2 is 1.95 bits per heavy atom. The zero-order valence-electron chi connectivity index (χ0n) is 10.6. The Morgan fingerprint density at radius 1 is 1.29 bits per heavy atom. The number of oxime groups is 1. The van der Waals surface area contributed by atoms with Gasteiger partial charge in [-0.25, -0.2) is 4.79 Å². The third-order valence-corrected chi connectivity index (χ3v) is 4.29. The fourth-order valence-electron chi connectivity index (χ4n) is 1.46. The van der Waals surface area contributed by atoms with Gasteiger partial charge in [-0.2, -0.15) is 0 Å². The lowest BCUT2D eigenvalue weighted by molar-refractivity contribution is 0.0516. The van der Waals surface area contributed by atoms with E-state index in [2.05, 4.69) is 5.16 Å². The Bertz CT molecular complexity index is 680. The van der Waals surface area contributed by atoms with Crippen LogP contribution < -0.4 is 4.74 Å². The van der Waals surface area contributed by atoms with Crippen molar-refractivity contribution in [1.82, 2.24) is 0 Å². The van der Waals surface area contributed by atoms with Crippen LogP contribution in [0.2, 0.25) is 14.4 Å². The molecule has 0 aliphatic rings. The highest BCUT2D eigenvalue weighted by molar-refractivity contribution is 7.15. The molecule has 0 spiro atoms. The molecule has 0 radical (unpaired) electrons. The van der Waals surface area contributed by atoms with Crippen molar-refractivity contribution in [3.8, 4) is 5.75 Å². The largest absolute Gasteiger partial charge is 0.493 e. The lowest BCUT2D eigenvalue weighted by Gasteiger charge is -2.01. The summed E-state index contributed by atoms with van der Waals surface area (Å²) >= 11 is 19.0. The van der Waals surface area contributed by atoms with E-state index in [-0.39, 0.29) is 11.3 Å². The number of carbonyl (C=O) groups excluding carboxylic acids is 1. The molecule has 1 aromatic heterocycles. The van der Waals surface area contributed by atoms with Gasteiger partial charge in [0.1, 0.15) is 9.90 Å². The third kappa shape index (κ3) is 3.68. The fourth-order valence-corrected chi connectivity index (χ4v) is 3.00. The van der Waals surface area contributed by atoms with Gasteiger partial charge in [-0.15, -0.1) is 11.3 Å².